The molecule has 0 N–H and O–H groups in total. The van der Waals surface area contributed by atoms with Gasteiger partial charge < -0.3 is 9.47 Å². The molecule has 0 unspecified atom stereocenters. The Balaban J connectivity index is 1.77. The molecule has 3 aromatic rings. The van der Waals surface area contributed by atoms with Gasteiger partial charge in [-0.3, -0.25) is 9.29 Å². The molecular formula is C20H17ClN2O4S. The molecular weight excluding hydrogens is 400 g/mol. The summed E-state index contributed by atoms with van der Waals surface area (Å²) in [6.07, 6.45) is 3.29. The summed E-state index contributed by atoms with van der Waals surface area (Å²) in [4.78, 5) is 4.20. The lowest BCUT2D eigenvalue weighted by Crippen LogP contribution is -2.30. The summed E-state index contributed by atoms with van der Waals surface area (Å²) < 4.78 is 39.3. The summed E-state index contributed by atoms with van der Waals surface area (Å²) >= 11 is 5.98. The number of ether oxygens (including phenoxy) is 2. The molecule has 0 saturated heterocycles. The summed E-state index contributed by atoms with van der Waals surface area (Å²) in [6.45, 7) is 0.955. The predicted molar refractivity (Wildman–Crippen MR) is 106 cm³/mol. The van der Waals surface area contributed by atoms with E-state index in [-0.39, 0.29) is 11.4 Å². The molecule has 28 heavy (non-hydrogen) atoms. The molecule has 8 heteroatoms. The topological polar surface area (TPSA) is 68.7 Å². The third-order valence-electron chi connectivity index (χ3n) is 4.27. The Morgan fingerprint density at radius 3 is 2.46 bits per heavy atom. The van der Waals surface area contributed by atoms with Gasteiger partial charge in [0, 0.05) is 23.5 Å². The quantitative estimate of drug-likeness (QED) is 0.631. The Bertz CT molecular complexity index is 1070. The van der Waals surface area contributed by atoms with Gasteiger partial charge in [-0.1, -0.05) is 17.7 Å². The second-order valence-corrected chi connectivity index (χ2v) is 8.45. The average Bonchev–Trinajstić information content (AvgIpc) is 2.73. The van der Waals surface area contributed by atoms with Gasteiger partial charge in [-0.2, -0.15) is 0 Å². The summed E-state index contributed by atoms with van der Waals surface area (Å²) in [5, 5.41) is 0.529. The molecule has 0 aliphatic carbocycles. The molecule has 0 radical (unpaired) electrons. The Kier molecular flexibility index (Phi) is 5.11. The highest BCUT2D eigenvalue weighted by Crippen LogP contribution is 2.35. The highest BCUT2D eigenvalue weighted by atomic mass is 35.5. The molecule has 6 nitrogen and oxygen atoms in total. The number of benzene rings is 2. The van der Waals surface area contributed by atoms with Crippen molar-refractivity contribution >= 4 is 27.3 Å². The van der Waals surface area contributed by atoms with Crippen LogP contribution in [0, 0.1) is 0 Å². The van der Waals surface area contributed by atoms with E-state index >= 15 is 0 Å². The SMILES string of the molecule is O=S(=O)(c1ccc2c(c1)OCCO2)N(Cc1cccnc1)c1ccc(Cl)cc1. The van der Waals surface area contributed by atoms with E-state index in [0.29, 0.717) is 35.4 Å². The molecule has 1 aliphatic rings. The van der Waals surface area contributed by atoms with Crippen molar-refractivity contribution in [2.24, 2.45) is 0 Å². The Labute approximate surface area is 168 Å². The van der Waals surface area contributed by atoms with Crippen molar-refractivity contribution < 1.29 is 17.9 Å². The Hall–Kier alpha value is -2.77. The number of anilines is 1. The molecule has 4 rings (SSSR count). The molecule has 2 heterocycles. The van der Waals surface area contributed by atoms with Crippen LogP contribution in [0.15, 0.2) is 71.9 Å². The molecule has 0 bridgehead atoms. The summed E-state index contributed by atoms with van der Waals surface area (Å²) in [7, 11) is -3.87. The van der Waals surface area contributed by atoms with Crippen LogP contribution in [-0.2, 0) is 16.6 Å². The number of hydrogen-bond donors (Lipinski definition) is 0. The van der Waals surface area contributed by atoms with Gasteiger partial charge in [0.15, 0.2) is 11.5 Å². The molecule has 144 valence electrons. The smallest absolute Gasteiger partial charge is 0.264 e. The van der Waals surface area contributed by atoms with Crippen molar-refractivity contribution in [3.05, 3.63) is 77.6 Å². The van der Waals surface area contributed by atoms with Crippen LogP contribution < -0.4 is 13.8 Å². The van der Waals surface area contributed by atoms with Gasteiger partial charge in [-0.05, 0) is 48.0 Å². The summed E-state index contributed by atoms with van der Waals surface area (Å²) in [5.41, 5.74) is 1.27. The van der Waals surface area contributed by atoms with Crippen LogP contribution in [0.2, 0.25) is 5.02 Å². The fourth-order valence-corrected chi connectivity index (χ4v) is 4.49. The first kappa shape index (κ1) is 18.6. The van der Waals surface area contributed by atoms with Crippen LogP contribution in [0.25, 0.3) is 0 Å². The van der Waals surface area contributed by atoms with E-state index in [1.807, 2.05) is 6.07 Å². The van der Waals surface area contributed by atoms with Crippen molar-refractivity contribution in [3.63, 3.8) is 0 Å². The molecule has 0 spiro atoms. The van der Waals surface area contributed by atoms with Crippen molar-refractivity contribution in [1.29, 1.82) is 0 Å². The van der Waals surface area contributed by atoms with Crippen LogP contribution in [0.1, 0.15) is 5.56 Å². The highest BCUT2D eigenvalue weighted by molar-refractivity contribution is 7.92. The van der Waals surface area contributed by atoms with E-state index in [2.05, 4.69) is 4.98 Å². The minimum Gasteiger partial charge on any atom is -0.486 e. The lowest BCUT2D eigenvalue weighted by molar-refractivity contribution is 0.171. The lowest BCUT2D eigenvalue weighted by atomic mass is 10.2. The zero-order valence-corrected chi connectivity index (χ0v) is 16.4. The van der Waals surface area contributed by atoms with Gasteiger partial charge in [-0.25, -0.2) is 8.42 Å². The van der Waals surface area contributed by atoms with E-state index in [0.717, 1.165) is 5.56 Å². The molecule has 0 saturated carbocycles. The van der Waals surface area contributed by atoms with Gasteiger partial charge >= 0.3 is 0 Å². The van der Waals surface area contributed by atoms with Crippen molar-refractivity contribution in [2.45, 2.75) is 11.4 Å². The van der Waals surface area contributed by atoms with Gasteiger partial charge in [-0.15, -0.1) is 0 Å². The normalized spacial score (nSPS) is 13.2. The number of nitrogens with zero attached hydrogens (tertiary/aromatic N) is 2. The molecule has 0 fully saturated rings. The summed E-state index contributed by atoms with van der Waals surface area (Å²) in [6, 6.07) is 14.9. The number of rotatable bonds is 5. The van der Waals surface area contributed by atoms with E-state index in [1.165, 1.54) is 16.4 Å². The Morgan fingerprint density at radius 2 is 1.75 bits per heavy atom. The van der Waals surface area contributed by atoms with E-state index in [1.54, 1.807) is 48.8 Å². The van der Waals surface area contributed by atoms with Gasteiger partial charge in [0.25, 0.3) is 10.0 Å². The summed E-state index contributed by atoms with van der Waals surface area (Å²) in [5.74, 6) is 0.959. The second-order valence-electron chi connectivity index (χ2n) is 6.15. The maximum atomic E-state index is 13.5. The minimum absolute atomic E-state index is 0.121. The third-order valence-corrected chi connectivity index (χ3v) is 6.29. The number of sulfonamides is 1. The maximum absolute atomic E-state index is 13.5. The first-order valence-corrected chi connectivity index (χ1v) is 10.4. The first-order chi connectivity index (χ1) is 13.5. The number of fused-ring (bicyclic) bond motifs is 1. The minimum atomic E-state index is -3.87. The third kappa shape index (κ3) is 3.76. The predicted octanol–water partition coefficient (Wildman–Crippen LogP) is 3.90. The molecule has 2 aromatic carbocycles. The van der Waals surface area contributed by atoms with Gasteiger partial charge in [0.05, 0.1) is 17.1 Å². The fourth-order valence-electron chi connectivity index (χ4n) is 2.89. The maximum Gasteiger partial charge on any atom is 0.264 e. The van der Waals surface area contributed by atoms with Crippen molar-refractivity contribution in [1.82, 2.24) is 4.98 Å². The van der Waals surface area contributed by atoms with Crippen LogP contribution >= 0.6 is 11.6 Å². The average molecular weight is 417 g/mol. The zero-order chi connectivity index (χ0) is 19.6. The van der Waals surface area contributed by atoms with Gasteiger partial charge in [0.1, 0.15) is 13.2 Å². The van der Waals surface area contributed by atoms with Crippen LogP contribution in [0.4, 0.5) is 5.69 Å². The monoisotopic (exact) mass is 416 g/mol. The van der Waals surface area contributed by atoms with E-state index in [4.69, 9.17) is 21.1 Å². The van der Waals surface area contributed by atoms with Crippen LogP contribution in [0.5, 0.6) is 11.5 Å². The molecule has 1 aromatic heterocycles. The lowest BCUT2D eigenvalue weighted by Gasteiger charge is -2.26. The van der Waals surface area contributed by atoms with Crippen molar-refractivity contribution in [2.75, 3.05) is 17.5 Å². The van der Waals surface area contributed by atoms with Crippen LogP contribution in [-0.4, -0.2) is 26.6 Å². The number of aromatic nitrogens is 1. The molecule has 0 atom stereocenters. The fraction of sp³-hybridized carbons (Fsp3) is 0.150. The van der Waals surface area contributed by atoms with E-state index < -0.39 is 10.0 Å². The second kappa shape index (κ2) is 7.69. The number of hydrogen-bond acceptors (Lipinski definition) is 5. The number of halogens is 1. The largest absolute Gasteiger partial charge is 0.486 e. The molecule has 1 aliphatic heterocycles. The van der Waals surface area contributed by atoms with Gasteiger partial charge in [0.2, 0.25) is 0 Å². The first-order valence-electron chi connectivity index (χ1n) is 8.61. The van der Waals surface area contributed by atoms with E-state index in [9.17, 15) is 8.42 Å². The highest BCUT2D eigenvalue weighted by Gasteiger charge is 2.27. The number of pyridine rings is 1. The van der Waals surface area contributed by atoms with Crippen LogP contribution in [0.3, 0.4) is 0 Å². The van der Waals surface area contributed by atoms with Crippen molar-refractivity contribution in [3.8, 4) is 11.5 Å². The zero-order valence-electron chi connectivity index (χ0n) is 14.8. The molecule has 0 amide bonds. The standard InChI is InChI=1S/C20H17ClN2O4S/c21-16-3-5-17(6-4-16)23(14-15-2-1-9-22-13-15)28(24,25)18-7-8-19-20(12-18)27-11-10-26-19/h1-9,12-13H,10-11,14H2. The Morgan fingerprint density at radius 1 is 1.00 bits per heavy atom.